The Kier molecular flexibility index (Phi) is 6.64. The number of ether oxygens (including phenoxy) is 1. The molecule has 1 aliphatic heterocycles. The summed E-state index contributed by atoms with van der Waals surface area (Å²) in [7, 11) is -7.23. The number of sulfone groups is 1. The molecule has 2 heterocycles. The Morgan fingerprint density at radius 2 is 1.51 bits per heavy atom. The number of halogens is 3. The van der Waals surface area contributed by atoms with Crippen LogP contribution in [0.5, 0.6) is 5.75 Å². The molecule has 1 saturated heterocycles. The first-order valence-electron chi connectivity index (χ1n) is 10.3. The van der Waals surface area contributed by atoms with Crippen molar-refractivity contribution in [1.29, 1.82) is 0 Å². The van der Waals surface area contributed by atoms with Crippen LogP contribution in [0.15, 0.2) is 62.8 Å². The molecule has 0 unspecified atom stereocenters. The highest BCUT2D eigenvalue weighted by molar-refractivity contribution is 7.90. The Bertz CT molecular complexity index is 1400. The summed E-state index contributed by atoms with van der Waals surface area (Å²) in [6.07, 6.45) is -2.94. The number of nitrogens with zero attached hydrogens (tertiary/aromatic N) is 3. The average molecular weight is 532 g/mol. The molecule has 35 heavy (non-hydrogen) atoms. The Morgan fingerprint density at radius 3 is 2.06 bits per heavy atom. The smallest absolute Gasteiger partial charge is 0.406 e. The van der Waals surface area contributed by atoms with Gasteiger partial charge in [0.1, 0.15) is 5.75 Å². The summed E-state index contributed by atoms with van der Waals surface area (Å²) in [5, 5.41) is 3.94. The second-order valence-electron chi connectivity index (χ2n) is 7.95. The van der Waals surface area contributed by atoms with E-state index in [1.807, 2.05) is 0 Å². The van der Waals surface area contributed by atoms with Gasteiger partial charge in [-0.25, -0.2) is 16.8 Å². The Labute approximate surface area is 199 Å². The summed E-state index contributed by atoms with van der Waals surface area (Å²) in [6, 6.07) is 10.1. The van der Waals surface area contributed by atoms with E-state index in [0.717, 1.165) is 30.5 Å². The maximum absolute atomic E-state index is 12.9. The first kappa shape index (κ1) is 25.1. The van der Waals surface area contributed by atoms with E-state index >= 15 is 0 Å². The van der Waals surface area contributed by atoms with E-state index in [1.165, 1.54) is 16.4 Å². The zero-order valence-corrected chi connectivity index (χ0v) is 19.9. The van der Waals surface area contributed by atoms with Crippen molar-refractivity contribution in [2.45, 2.75) is 34.9 Å². The highest BCUT2D eigenvalue weighted by atomic mass is 32.2. The van der Waals surface area contributed by atoms with Crippen LogP contribution < -0.4 is 4.74 Å². The quantitative estimate of drug-likeness (QED) is 0.473. The van der Waals surface area contributed by atoms with Crippen molar-refractivity contribution >= 4 is 19.9 Å². The number of alkyl halides is 3. The lowest BCUT2D eigenvalue weighted by Gasteiger charge is -2.29. The molecule has 2 aromatic carbocycles. The van der Waals surface area contributed by atoms with Crippen molar-refractivity contribution in [2.75, 3.05) is 19.3 Å². The average Bonchev–Trinajstić information content (AvgIpc) is 3.28. The molecule has 0 spiro atoms. The van der Waals surface area contributed by atoms with Gasteiger partial charge in [0, 0.05) is 30.8 Å². The van der Waals surface area contributed by atoms with E-state index in [1.54, 1.807) is 12.1 Å². The van der Waals surface area contributed by atoms with Crippen LogP contribution >= 0.6 is 0 Å². The van der Waals surface area contributed by atoms with Gasteiger partial charge in [-0.2, -0.15) is 9.29 Å². The second-order valence-corrected chi connectivity index (χ2v) is 11.9. The number of sulfonamides is 1. The van der Waals surface area contributed by atoms with Gasteiger partial charge in [0.25, 0.3) is 0 Å². The molecule has 0 radical (unpaired) electrons. The third kappa shape index (κ3) is 5.82. The highest BCUT2D eigenvalue weighted by Crippen LogP contribution is 2.32. The van der Waals surface area contributed by atoms with E-state index in [9.17, 15) is 30.0 Å². The van der Waals surface area contributed by atoms with Crippen molar-refractivity contribution in [1.82, 2.24) is 14.4 Å². The standard InChI is InChI=1S/C21H20F3N3O6S2/c1-34(28,29)17-6-2-14(3-7-17)19-25-20(33-26-19)15-10-12-27(13-11-15)35(30,31)18-8-4-16(5-9-18)32-21(22,23)24/h2-9,15H,10-13H2,1H3. The predicted octanol–water partition coefficient (Wildman–Crippen LogP) is 3.61. The number of hydrogen-bond acceptors (Lipinski definition) is 8. The molecule has 0 bridgehead atoms. The second kappa shape index (κ2) is 9.24. The summed E-state index contributed by atoms with van der Waals surface area (Å²) in [5.41, 5.74) is 0.574. The minimum Gasteiger partial charge on any atom is -0.406 e. The Morgan fingerprint density at radius 1 is 0.943 bits per heavy atom. The van der Waals surface area contributed by atoms with Crippen molar-refractivity contribution < 1.29 is 39.3 Å². The van der Waals surface area contributed by atoms with Gasteiger partial charge < -0.3 is 9.26 Å². The summed E-state index contributed by atoms with van der Waals surface area (Å²) in [4.78, 5) is 4.41. The zero-order chi connectivity index (χ0) is 25.4. The molecule has 4 rings (SSSR count). The SMILES string of the molecule is CS(=O)(=O)c1ccc(-c2noc(C3CCN(S(=O)(=O)c4ccc(OC(F)(F)F)cc4)CC3)n2)cc1. The van der Waals surface area contributed by atoms with E-state index in [-0.39, 0.29) is 34.6 Å². The fraction of sp³-hybridized carbons (Fsp3) is 0.333. The molecule has 188 valence electrons. The van der Waals surface area contributed by atoms with E-state index < -0.39 is 32.0 Å². The lowest BCUT2D eigenvalue weighted by atomic mass is 9.98. The Balaban J connectivity index is 1.40. The molecule has 0 saturated carbocycles. The van der Waals surface area contributed by atoms with Gasteiger partial charge in [-0.05, 0) is 61.4 Å². The summed E-state index contributed by atoms with van der Waals surface area (Å²) in [5.74, 6) is -0.0528. The third-order valence-corrected chi connectivity index (χ3v) is 8.52. The fourth-order valence-corrected chi connectivity index (χ4v) is 5.78. The van der Waals surface area contributed by atoms with Gasteiger partial charge in [-0.3, -0.25) is 0 Å². The minimum absolute atomic E-state index is 0.136. The van der Waals surface area contributed by atoms with E-state index in [4.69, 9.17) is 4.52 Å². The van der Waals surface area contributed by atoms with Crippen LogP contribution in [0.1, 0.15) is 24.7 Å². The van der Waals surface area contributed by atoms with Crippen LogP contribution in [0.4, 0.5) is 13.2 Å². The van der Waals surface area contributed by atoms with E-state index in [2.05, 4.69) is 14.9 Å². The van der Waals surface area contributed by atoms with Crippen molar-refractivity contribution in [3.05, 3.63) is 54.4 Å². The van der Waals surface area contributed by atoms with Gasteiger partial charge in [-0.15, -0.1) is 13.2 Å². The largest absolute Gasteiger partial charge is 0.573 e. The number of piperidine rings is 1. The topological polar surface area (TPSA) is 120 Å². The van der Waals surface area contributed by atoms with Crippen molar-refractivity contribution in [2.24, 2.45) is 0 Å². The van der Waals surface area contributed by atoms with Gasteiger partial charge in [-0.1, -0.05) is 5.16 Å². The summed E-state index contributed by atoms with van der Waals surface area (Å²) >= 11 is 0. The molecule has 1 aromatic heterocycles. The van der Waals surface area contributed by atoms with Crippen LogP contribution in [0.25, 0.3) is 11.4 Å². The zero-order valence-electron chi connectivity index (χ0n) is 18.3. The first-order valence-corrected chi connectivity index (χ1v) is 13.7. The number of hydrogen-bond donors (Lipinski definition) is 0. The molecule has 9 nitrogen and oxygen atoms in total. The van der Waals surface area contributed by atoms with Gasteiger partial charge in [0.15, 0.2) is 9.84 Å². The van der Waals surface area contributed by atoms with Crippen LogP contribution in [0.2, 0.25) is 0 Å². The van der Waals surface area contributed by atoms with Crippen molar-refractivity contribution in [3.8, 4) is 17.1 Å². The molecule has 14 heteroatoms. The first-order chi connectivity index (χ1) is 16.3. The molecule has 0 N–H and O–H groups in total. The molecule has 1 fully saturated rings. The highest BCUT2D eigenvalue weighted by Gasteiger charge is 2.33. The van der Waals surface area contributed by atoms with Crippen LogP contribution in [0.3, 0.4) is 0 Å². The number of aromatic nitrogens is 2. The summed E-state index contributed by atoms with van der Waals surface area (Å²) in [6.45, 7) is 0.323. The Hall–Kier alpha value is -2.97. The maximum atomic E-state index is 12.9. The fourth-order valence-electron chi connectivity index (χ4n) is 3.67. The van der Waals surface area contributed by atoms with Crippen LogP contribution in [0, 0.1) is 0 Å². The number of benzene rings is 2. The molecule has 0 aliphatic carbocycles. The molecule has 1 aliphatic rings. The van der Waals surface area contributed by atoms with Crippen molar-refractivity contribution in [3.63, 3.8) is 0 Å². The lowest BCUT2D eigenvalue weighted by molar-refractivity contribution is -0.274. The normalized spacial score (nSPS) is 16.3. The van der Waals surface area contributed by atoms with Crippen LogP contribution in [-0.2, 0) is 19.9 Å². The molecular weight excluding hydrogens is 511 g/mol. The van der Waals surface area contributed by atoms with Crippen LogP contribution in [-0.4, -0.2) is 57.0 Å². The van der Waals surface area contributed by atoms with Gasteiger partial charge in [0.05, 0.1) is 9.79 Å². The summed E-state index contributed by atoms with van der Waals surface area (Å²) < 4.78 is 96.3. The lowest BCUT2D eigenvalue weighted by Crippen LogP contribution is -2.37. The number of rotatable bonds is 6. The molecule has 0 amide bonds. The van der Waals surface area contributed by atoms with Gasteiger partial charge in [0.2, 0.25) is 21.7 Å². The van der Waals surface area contributed by atoms with Gasteiger partial charge >= 0.3 is 6.36 Å². The minimum atomic E-state index is -4.86. The van der Waals surface area contributed by atoms with E-state index in [0.29, 0.717) is 24.3 Å². The molecule has 0 atom stereocenters. The molecule has 3 aromatic rings. The monoisotopic (exact) mass is 531 g/mol. The third-order valence-electron chi connectivity index (χ3n) is 5.48. The maximum Gasteiger partial charge on any atom is 0.573 e. The molecular formula is C21H20F3N3O6S2. The predicted molar refractivity (Wildman–Crippen MR) is 117 cm³/mol.